The van der Waals surface area contributed by atoms with Crippen molar-refractivity contribution in [2.24, 2.45) is 0 Å². The van der Waals surface area contributed by atoms with Crippen molar-refractivity contribution in [2.75, 3.05) is 10.5 Å². The number of carbonyl (C=O) groups excluding carboxylic acids is 1. The summed E-state index contributed by atoms with van der Waals surface area (Å²) in [6, 6.07) is 6.09. The summed E-state index contributed by atoms with van der Waals surface area (Å²) in [6.45, 7) is 1.80. The maximum atomic E-state index is 11.4. The first-order chi connectivity index (χ1) is 7.07. The van der Waals surface area contributed by atoms with Crippen LogP contribution in [0.5, 0.6) is 0 Å². The molecule has 0 saturated carbocycles. The molecule has 0 heterocycles. The Morgan fingerprint density at radius 3 is 2.33 bits per heavy atom. The number of hydrogen-bond donors (Lipinski definition) is 1. The standard InChI is InChI=1S/C10H12NO3S/c1-2-7-15(13,14)11-10-5-3-9(8-12)4-6-10/h3-6,11H,2,7H2,1H3. The van der Waals surface area contributed by atoms with Gasteiger partial charge in [0.15, 0.2) is 0 Å². The Kier molecular flexibility index (Phi) is 3.85. The van der Waals surface area contributed by atoms with Crippen LogP contribution in [0, 0.1) is 0 Å². The summed E-state index contributed by atoms with van der Waals surface area (Å²) in [6.07, 6.45) is 2.28. The summed E-state index contributed by atoms with van der Waals surface area (Å²) in [5, 5.41) is 0. The zero-order valence-corrected chi connectivity index (χ0v) is 9.17. The number of anilines is 1. The van der Waals surface area contributed by atoms with Crippen LogP contribution >= 0.6 is 0 Å². The summed E-state index contributed by atoms with van der Waals surface area (Å²) in [5.41, 5.74) is 0.857. The third-order valence-electron chi connectivity index (χ3n) is 1.75. The highest BCUT2D eigenvalue weighted by Gasteiger charge is 2.07. The minimum Gasteiger partial charge on any atom is -0.285 e. The smallest absolute Gasteiger partial charge is 0.233 e. The predicted molar refractivity (Wildman–Crippen MR) is 58.9 cm³/mol. The van der Waals surface area contributed by atoms with Gasteiger partial charge >= 0.3 is 0 Å². The minimum absolute atomic E-state index is 0.0918. The Hall–Kier alpha value is -1.36. The summed E-state index contributed by atoms with van der Waals surface area (Å²) >= 11 is 0. The van der Waals surface area contributed by atoms with E-state index >= 15 is 0 Å². The van der Waals surface area contributed by atoms with Crippen LogP contribution < -0.4 is 4.72 Å². The summed E-state index contributed by atoms with van der Waals surface area (Å²) in [5.74, 6) is 0.0918. The molecule has 0 unspecified atom stereocenters. The molecule has 0 saturated heterocycles. The Balaban J connectivity index is 2.77. The van der Waals surface area contributed by atoms with Gasteiger partial charge in [-0.2, -0.15) is 0 Å². The lowest BCUT2D eigenvalue weighted by Crippen LogP contribution is -2.15. The molecule has 0 atom stereocenters. The van der Waals surface area contributed by atoms with Crippen LogP contribution in [0.4, 0.5) is 5.69 Å². The van der Waals surface area contributed by atoms with Gasteiger partial charge in [-0.05, 0) is 30.7 Å². The molecule has 0 aliphatic carbocycles. The van der Waals surface area contributed by atoms with E-state index in [-0.39, 0.29) is 5.75 Å². The van der Waals surface area contributed by atoms with Crippen LogP contribution in [0.15, 0.2) is 24.3 Å². The molecule has 81 valence electrons. The van der Waals surface area contributed by atoms with Crippen LogP contribution in [-0.2, 0) is 14.8 Å². The third-order valence-corrected chi connectivity index (χ3v) is 3.24. The van der Waals surface area contributed by atoms with E-state index in [0.717, 1.165) is 0 Å². The fourth-order valence-electron chi connectivity index (χ4n) is 1.11. The maximum absolute atomic E-state index is 11.4. The Morgan fingerprint density at radius 1 is 1.27 bits per heavy atom. The molecular formula is C10H12NO3S. The van der Waals surface area contributed by atoms with Gasteiger partial charge in [0, 0.05) is 11.3 Å². The zero-order valence-electron chi connectivity index (χ0n) is 8.36. The molecule has 15 heavy (non-hydrogen) atoms. The molecule has 0 aromatic heterocycles. The molecule has 0 fully saturated rings. The van der Waals surface area contributed by atoms with Gasteiger partial charge in [-0.3, -0.25) is 9.52 Å². The normalized spacial score (nSPS) is 11.0. The average molecular weight is 226 g/mol. The highest BCUT2D eigenvalue weighted by molar-refractivity contribution is 7.92. The molecule has 0 aliphatic heterocycles. The van der Waals surface area contributed by atoms with E-state index in [9.17, 15) is 13.2 Å². The second-order valence-electron chi connectivity index (χ2n) is 3.10. The second-order valence-corrected chi connectivity index (χ2v) is 4.94. The topological polar surface area (TPSA) is 63.2 Å². The third kappa shape index (κ3) is 3.71. The lowest BCUT2D eigenvalue weighted by Gasteiger charge is -2.06. The molecule has 4 nitrogen and oxygen atoms in total. The number of hydrogen-bond acceptors (Lipinski definition) is 3. The fraction of sp³-hybridized carbons (Fsp3) is 0.300. The monoisotopic (exact) mass is 226 g/mol. The van der Waals surface area contributed by atoms with Crippen LogP contribution in [0.25, 0.3) is 0 Å². The molecule has 5 heteroatoms. The number of nitrogens with one attached hydrogen (secondary N) is 1. The zero-order chi connectivity index (χ0) is 11.3. The van der Waals surface area contributed by atoms with E-state index in [0.29, 0.717) is 17.7 Å². The number of benzene rings is 1. The van der Waals surface area contributed by atoms with E-state index in [4.69, 9.17) is 0 Å². The van der Waals surface area contributed by atoms with Gasteiger partial charge in [-0.25, -0.2) is 8.42 Å². The van der Waals surface area contributed by atoms with Crippen molar-refractivity contribution in [3.05, 3.63) is 29.8 Å². The highest BCUT2D eigenvalue weighted by atomic mass is 32.2. The van der Waals surface area contributed by atoms with Crippen molar-refractivity contribution in [1.29, 1.82) is 0 Å². The summed E-state index contributed by atoms with van der Waals surface area (Å²) < 4.78 is 25.1. The Bertz CT molecular complexity index is 422. The van der Waals surface area contributed by atoms with Gasteiger partial charge in [-0.1, -0.05) is 6.92 Å². The van der Waals surface area contributed by atoms with Crippen molar-refractivity contribution >= 4 is 22.0 Å². The second kappa shape index (κ2) is 4.93. The lowest BCUT2D eigenvalue weighted by atomic mass is 10.2. The van der Waals surface area contributed by atoms with Gasteiger partial charge in [0.25, 0.3) is 0 Å². The summed E-state index contributed by atoms with van der Waals surface area (Å²) in [7, 11) is -3.25. The first-order valence-corrected chi connectivity index (χ1v) is 6.21. The van der Waals surface area contributed by atoms with Gasteiger partial charge in [0.2, 0.25) is 16.3 Å². The van der Waals surface area contributed by atoms with Gasteiger partial charge < -0.3 is 0 Å². The Morgan fingerprint density at radius 2 is 1.87 bits per heavy atom. The van der Waals surface area contributed by atoms with Crippen molar-refractivity contribution in [3.63, 3.8) is 0 Å². The lowest BCUT2D eigenvalue weighted by molar-refractivity contribution is 0.563. The fourth-order valence-corrected chi connectivity index (χ4v) is 2.24. The highest BCUT2D eigenvalue weighted by Crippen LogP contribution is 2.10. The van der Waals surface area contributed by atoms with Gasteiger partial charge in [0.05, 0.1) is 5.75 Å². The Labute approximate surface area is 89.4 Å². The van der Waals surface area contributed by atoms with E-state index in [1.165, 1.54) is 24.3 Å². The molecule has 0 aliphatic rings. The molecular weight excluding hydrogens is 214 g/mol. The predicted octanol–water partition coefficient (Wildman–Crippen LogP) is 1.30. The van der Waals surface area contributed by atoms with Crippen molar-refractivity contribution in [3.8, 4) is 0 Å². The largest absolute Gasteiger partial charge is 0.285 e. The first kappa shape index (κ1) is 11.7. The summed E-state index contributed by atoms with van der Waals surface area (Å²) in [4.78, 5) is 10.2. The number of rotatable bonds is 5. The quantitative estimate of drug-likeness (QED) is 0.823. The molecule has 0 bridgehead atoms. The molecule has 1 radical (unpaired) electrons. The minimum atomic E-state index is -3.25. The van der Waals surface area contributed by atoms with Crippen molar-refractivity contribution < 1.29 is 13.2 Å². The SMILES string of the molecule is CCCS(=O)(=O)Nc1ccc([C]=O)cc1. The van der Waals surface area contributed by atoms with Crippen LogP contribution in [0.3, 0.4) is 0 Å². The van der Waals surface area contributed by atoms with Crippen LogP contribution in [0.2, 0.25) is 0 Å². The van der Waals surface area contributed by atoms with Gasteiger partial charge in [0.1, 0.15) is 0 Å². The van der Waals surface area contributed by atoms with E-state index in [1.54, 1.807) is 13.2 Å². The van der Waals surface area contributed by atoms with Gasteiger partial charge in [-0.15, -0.1) is 0 Å². The van der Waals surface area contributed by atoms with Crippen molar-refractivity contribution in [1.82, 2.24) is 0 Å². The maximum Gasteiger partial charge on any atom is 0.233 e. The van der Waals surface area contributed by atoms with Crippen LogP contribution in [-0.4, -0.2) is 20.5 Å². The van der Waals surface area contributed by atoms with E-state index in [1.807, 2.05) is 0 Å². The molecule has 1 rings (SSSR count). The molecule has 0 spiro atoms. The van der Waals surface area contributed by atoms with E-state index in [2.05, 4.69) is 4.72 Å². The van der Waals surface area contributed by atoms with E-state index < -0.39 is 10.0 Å². The first-order valence-electron chi connectivity index (χ1n) is 4.56. The number of sulfonamides is 1. The molecule has 1 aromatic rings. The molecule has 1 N–H and O–H groups in total. The molecule has 0 amide bonds. The average Bonchev–Trinajstić information content (AvgIpc) is 2.18. The molecule has 1 aromatic carbocycles. The van der Waals surface area contributed by atoms with Crippen molar-refractivity contribution in [2.45, 2.75) is 13.3 Å². The van der Waals surface area contributed by atoms with Crippen LogP contribution in [0.1, 0.15) is 18.9 Å².